The number of benzene rings is 2. The molecule has 0 atom stereocenters. The van der Waals surface area contributed by atoms with Gasteiger partial charge in [0, 0.05) is 37.3 Å². The highest BCUT2D eigenvalue weighted by Crippen LogP contribution is 2.33. The van der Waals surface area contributed by atoms with Crippen molar-refractivity contribution in [1.82, 2.24) is 5.32 Å². The second-order valence-corrected chi connectivity index (χ2v) is 6.14. The summed E-state index contributed by atoms with van der Waals surface area (Å²) in [5, 5.41) is 6.58. The molecule has 0 spiro atoms. The van der Waals surface area contributed by atoms with E-state index in [1.54, 1.807) is 14.2 Å². The van der Waals surface area contributed by atoms with E-state index in [0.717, 1.165) is 29.2 Å². The van der Waals surface area contributed by atoms with Gasteiger partial charge in [0.2, 0.25) is 0 Å². The summed E-state index contributed by atoms with van der Waals surface area (Å²) in [4.78, 5) is 4.29. The van der Waals surface area contributed by atoms with Gasteiger partial charge in [-0.1, -0.05) is 12.1 Å². The summed E-state index contributed by atoms with van der Waals surface area (Å²) in [6.07, 6.45) is 0.879. The van der Waals surface area contributed by atoms with Gasteiger partial charge in [-0.2, -0.15) is 0 Å². The highest BCUT2D eigenvalue weighted by Gasteiger charge is 2.15. The van der Waals surface area contributed by atoms with Gasteiger partial charge in [0.15, 0.2) is 29.0 Å². The summed E-state index contributed by atoms with van der Waals surface area (Å²) >= 11 is 0. The first-order valence-corrected chi connectivity index (χ1v) is 9.41. The van der Waals surface area contributed by atoms with Crippen molar-refractivity contribution < 1.29 is 18.9 Å². The minimum absolute atomic E-state index is 0.556. The molecule has 0 fully saturated rings. The van der Waals surface area contributed by atoms with E-state index < -0.39 is 0 Å². The number of fused-ring (bicyclic) bond motifs is 1. The first-order valence-electron chi connectivity index (χ1n) is 9.41. The third-order valence-electron chi connectivity index (χ3n) is 4.25. The maximum absolute atomic E-state index is 5.87. The second kappa shape index (κ2) is 9.73. The number of hydrogen-bond donors (Lipinski definition) is 2. The van der Waals surface area contributed by atoms with Crippen molar-refractivity contribution >= 4 is 11.6 Å². The number of ether oxygens (including phenoxy) is 4. The number of guanidine groups is 1. The summed E-state index contributed by atoms with van der Waals surface area (Å²) in [6, 6.07) is 11.6. The summed E-state index contributed by atoms with van der Waals surface area (Å²) in [6.45, 7) is 4.41. The molecule has 0 bridgehead atoms. The summed E-state index contributed by atoms with van der Waals surface area (Å²) < 4.78 is 22.6. The van der Waals surface area contributed by atoms with Crippen LogP contribution in [0, 0.1) is 0 Å². The van der Waals surface area contributed by atoms with Crippen LogP contribution in [0.5, 0.6) is 23.0 Å². The predicted octanol–water partition coefficient (Wildman–Crippen LogP) is 3.44. The van der Waals surface area contributed by atoms with Gasteiger partial charge in [-0.3, -0.25) is 4.99 Å². The molecule has 28 heavy (non-hydrogen) atoms. The topological polar surface area (TPSA) is 73.3 Å². The lowest BCUT2D eigenvalue weighted by Gasteiger charge is -2.16. The zero-order chi connectivity index (χ0) is 19.8. The van der Waals surface area contributed by atoms with Crippen LogP contribution in [-0.4, -0.2) is 39.9 Å². The number of nitrogens with zero attached hydrogens (tertiary/aromatic N) is 1. The molecule has 3 rings (SSSR count). The molecule has 7 nitrogen and oxygen atoms in total. The van der Waals surface area contributed by atoms with Crippen molar-refractivity contribution in [2.45, 2.75) is 19.9 Å². The van der Waals surface area contributed by atoms with E-state index in [1.807, 2.05) is 43.3 Å². The van der Waals surface area contributed by atoms with Crippen LogP contribution in [0.1, 0.15) is 18.9 Å². The molecule has 150 valence electrons. The predicted molar refractivity (Wildman–Crippen MR) is 110 cm³/mol. The summed E-state index contributed by atoms with van der Waals surface area (Å²) in [5.74, 6) is 3.60. The van der Waals surface area contributed by atoms with Gasteiger partial charge in [0.25, 0.3) is 0 Å². The van der Waals surface area contributed by atoms with Crippen LogP contribution in [0.3, 0.4) is 0 Å². The average Bonchev–Trinajstić information content (AvgIpc) is 2.98. The van der Waals surface area contributed by atoms with Crippen molar-refractivity contribution in [1.29, 1.82) is 0 Å². The molecule has 2 aromatic rings. The fourth-order valence-corrected chi connectivity index (χ4v) is 2.91. The fourth-order valence-electron chi connectivity index (χ4n) is 2.91. The van der Waals surface area contributed by atoms with Crippen molar-refractivity contribution in [3.05, 3.63) is 42.0 Å². The van der Waals surface area contributed by atoms with Crippen LogP contribution in [-0.2, 0) is 6.54 Å². The van der Waals surface area contributed by atoms with Crippen LogP contribution in [0.15, 0.2) is 41.4 Å². The van der Waals surface area contributed by atoms with Crippen molar-refractivity contribution in [3.63, 3.8) is 0 Å². The normalized spacial score (nSPS) is 13.5. The van der Waals surface area contributed by atoms with Crippen molar-refractivity contribution in [3.8, 4) is 23.0 Å². The third-order valence-corrected chi connectivity index (χ3v) is 4.25. The zero-order valence-electron chi connectivity index (χ0n) is 16.6. The van der Waals surface area contributed by atoms with Gasteiger partial charge >= 0.3 is 0 Å². The summed E-state index contributed by atoms with van der Waals surface area (Å²) in [7, 11) is 3.35. The number of nitrogens with one attached hydrogen (secondary N) is 2. The summed E-state index contributed by atoms with van der Waals surface area (Å²) in [5.41, 5.74) is 1.87. The molecule has 0 saturated carbocycles. The van der Waals surface area contributed by atoms with Gasteiger partial charge in [0.1, 0.15) is 0 Å². The van der Waals surface area contributed by atoms with Gasteiger partial charge in [-0.15, -0.1) is 0 Å². The smallest absolute Gasteiger partial charge is 0.195 e. The maximum atomic E-state index is 5.87. The van der Waals surface area contributed by atoms with E-state index in [0.29, 0.717) is 43.8 Å². The van der Waals surface area contributed by atoms with E-state index >= 15 is 0 Å². The Balaban J connectivity index is 1.68. The Hall–Kier alpha value is -3.09. The van der Waals surface area contributed by atoms with Gasteiger partial charge in [0.05, 0.1) is 26.9 Å². The zero-order valence-corrected chi connectivity index (χ0v) is 16.6. The molecule has 1 heterocycles. The van der Waals surface area contributed by atoms with E-state index in [9.17, 15) is 0 Å². The number of aliphatic imine (C=N–C) groups is 1. The Kier molecular flexibility index (Phi) is 6.84. The lowest BCUT2D eigenvalue weighted by molar-refractivity contribution is 0.296. The van der Waals surface area contributed by atoms with E-state index in [-0.39, 0.29) is 0 Å². The Morgan fingerprint density at radius 2 is 2.00 bits per heavy atom. The molecule has 0 aliphatic carbocycles. The SMILES string of the molecule is CCOc1ccc(NC(=NC)NCc2cccc3c2OCCCO3)cc1OC. The molecule has 0 unspecified atom stereocenters. The molecule has 1 aliphatic heterocycles. The monoisotopic (exact) mass is 385 g/mol. The standard InChI is InChI=1S/C21H27N3O4/c1-4-26-17-10-9-16(13-19(17)25-3)24-21(22-2)23-14-15-7-5-8-18-20(15)28-12-6-11-27-18/h5,7-10,13H,4,6,11-12,14H2,1-3H3,(H2,22,23,24). The van der Waals surface area contributed by atoms with Crippen LogP contribution >= 0.6 is 0 Å². The minimum atomic E-state index is 0.556. The fraction of sp³-hybridized carbons (Fsp3) is 0.381. The van der Waals surface area contributed by atoms with Crippen LogP contribution in [0.4, 0.5) is 5.69 Å². The minimum Gasteiger partial charge on any atom is -0.493 e. The van der Waals surface area contributed by atoms with E-state index in [2.05, 4.69) is 15.6 Å². The third kappa shape index (κ3) is 4.79. The molecule has 0 amide bonds. The molecule has 0 saturated heterocycles. The van der Waals surface area contributed by atoms with Crippen LogP contribution < -0.4 is 29.6 Å². The largest absolute Gasteiger partial charge is 0.493 e. The van der Waals surface area contributed by atoms with Crippen molar-refractivity contribution in [2.24, 2.45) is 4.99 Å². The quantitative estimate of drug-likeness (QED) is 0.586. The number of hydrogen-bond acceptors (Lipinski definition) is 5. The number of anilines is 1. The van der Waals surface area contributed by atoms with Gasteiger partial charge < -0.3 is 29.6 Å². The van der Waals surface area contributed by atoms with Gasteiger partial charge in [-0.05, 0) is 25.1 Å². The number of methoxy groups -OCH3 is 1. The molecule has 2 N–H and O–H groups in total. The molecule has 0 radical (unpaired) electrons. The van der Waals surface area contributed by atoms with Crippen LogP contribution in [0.2, 0.25) is 0 Å². The molecular formula is C21H27N3O4. The lowest BCUT2D eigenvalue weighted by Crippen LogP contribution is -2.30. The Labute approximate surface area is 165 Å². The average molecular weight is 385 g/mol. The molecule has 7 heteroatoms. The first kappa shape index (κ1) is 19.7. The molecule has 2 aromatic carbocycles. The Bertz CT molecular complexity index is 823. The van der Waals surface area contributed by atoms with E-state index in [4.69, 9.17) is 18.9 Å². The maximum Gasteiger partial charge on any atom is 0.195 e. The van der Waals surface area contributed by atoms with E-state index in [1.165, 1.54) is 0 Å². The van der Waals surface area contributed by atoms with Crippen LogP contribution in [0.25, 0.3) is 0 Å². The lowest BCUT2D eigenvalue weighted by atomic mass is 10.2. The Morgan fingerprint density at radius 1 is 1.14 bits per heavy atom. The number of para-hydroxylation sites is 1. The second-order valence-electron chi connectivity index (χ2n) is 6.14. The molecule has 0 aromatic heterocycles. The molecule has 1 aliphatic rings. The first-order chi connectivity index (χ1) is 13.7. The van der Waals surface area contributed by atoms with Crippen molar-refractivity contribution in [2.75, 3.05) is 39.3 Å². The highest BCUT2D eigenvalue weighted by molar-refractivity contribution is 5.93. The highest BCUT2D eigenvalue weighted by atomic mass is 16.5. The Morgan fingerprint density at radius 3 is 2.79 bits per heavy atom. The molecular weight excluding hydrogens is 358 g/mol. The number of rotatable bonds is 6. The van der Waals surface area contributed by atoms with Gasteiger partial charge in [-0.25, -0.2) is 0 Å².